The molecule has 1 aromatic heterocycles. The molecule has 0 aliphatic carbocycles. The van der Waals surface area contributed by atoms with E-state index in [4.69, 9.17) is 9.47 Å². The second-order valence-electron chi connectivity index (χ2n) is 5.07. The van der Waals surface area contributed by atoms with Crippen LogP contribution in [0, 0.1) is 10.5 Å². The van der Waals surface area contributed by atoms with Crippen molar-refractivity contribution in [2.24, 2.45) is 0 Å². The number of methoxy groups -OCH3 is 2. The van der Waals surface area contributed by atoms with Crippen molar-refractivity contribution in [3.63, 3.8) is 0 Å². The number of rotatable bonds is 7. The summed E-state index contributed by atoms with van der Waals surface area (Å²) in [6.07, 6.45) is 3.57. The quantitative estimate of drug-likeness (QED) is 0.525. The van der Waals surface area contributed by atoms with Crippen molar-refractivity contribution in [1.82, 2.24) is 15.5 Å². The third kappa shape index (κ3) is 4.37. The number of hydrogen-bond acceptors (Lipinski definition) is 4. The van der Waals surface area contributed by atoms with Crippen LogP contribution in [0.3, 0.4) is 0 Å². The van der Waals surface area contributed by atoms with E-state index < -0.39 is 0 Å². The fraction of sp³-hybridized carbons (Fsp3) is 0.375. The van der Waals surface area contributed by atoms with Crippen LogP contribution in [-0.2, 0) is 6.42 Å². The molecule has 2 aromatic rings. The molecule has 2 rings (SSSR count). The summed E-state index contributed by atoms with van der Waals surface area (Å²) < 4.78 is 11.3. The number of aryl methyl sites for hydroxylation is 2. The molecule has 0 radical (unpaired) electrons. The normalized spacial score (nSPS) is 10.4. The zero-order valence-corrected chi connectivity index (χ0v) is 15.6. The van der Waals surface area contributed by atoms with Crippen LogP contribution in [0.25, 0.3) is 0 Å². The predicted molar refractivity (Wildman–Crippen MR) is 96.2 cm³/mol. The first-order chi connectivity index (χ1) is 11.1. The van der Waals surface area contributed by atoms with Gasteiger partial charge >= 0.3 is 0 Å². The number of ether oxygens (including phenoxy) is 2. The third-order valence-electron chi connectivity index (χ3n) is 3.56. The van der Waals surface area contributed by atoms with Gasteiger partial charge in [-0.3, -0.25) is 9.89 Å². The van der Waals surface area contributed by atoms with Gasteiger partial charge in [0.15, 0.2) is 11.5 Å². The van der Waals surface area contributed by atoms with Gasteiger partial charge in [0, 0.05) is 15.8 Å². The van der Waals surface area contributed by atoms with Gasteiger partial charge in [-0.2, -0.15) is 5.10 Å². The Balaban J connectivity index is 1.94. The summed E-state index contributed by atoms with van der Waals surface area (Å²) >= 11 is 2.12. The van der Waals surface area contributed by atoms with Gasteiger partial charge in [0.05, 0.1) is 26.0 Å². The van der Waals surface area contributed by atoms with Crippen molar-refractivity contribution in [3.8, 4) is 11.5 Å². The largest absolute Gasteiger partial charge is 0.493 e. The van der Waals surface area contributed by atoms with Crippen LogP contribution in [-0.4, -0.2) is 36.9 Å². The van der Waals surface area contributed by atoms with Crippen LogP contribution < -0.4 is 14.8 Å². The Morgan fingerprint density at radius 3 is 2.61 bits per heavy atom. The molecular formula is C16H20IN3O3. The van der Waals surface area contributed by atoms with Gasteiger partial charge in [0.25, 0.3) is 5.91 Å². The van der Waals surface area contributed by atoms with E-state index >= 15 is 0 Å². The number of carbonyl (C=O) groups excluding carboxylic acids is 1. The Labute approximate surface area is 149 Å². The molecule has 0 saturated carbocycles. The molecule has 1 amide bonds. The molecule has 0 fully saturated rings. The minimum absolute atomic E-state index is 0.112. The van der Waals surface area contributed by atoms with Crippen molar-refractivity contribution >= 4 is 28.5 Å². The highest BCUT2D eigenvalue weighted by atomic mass is 127. The lowest BCUT2D eigenvalue weighted by Gasteiger charge is -2.12. The summed E-state index contributed by atoms with van der Waals surface area (Å²) in [6.45, 7) is 2.60. The minimum Gasteiger partial charge on any atom is -0.493 e. The average molecular weight is 429 g/mol. The monoisotopic (exact) mass is 429 g/mol. The second kappa shape index (κ2) is 8.19. The molecule has 0 bridgehead atoms. The molecule has 2 N–H and O–H groups in total. The summed E-state index contributed by atoms with van der Waals surface area (Å²) in [5.41, 5.74) is 2.84. The van der Waals surface area contributed by atoms with Crippen molar-refractivity contribution in [2.45, 2.75) is 19.8 Å². The van der Waals surface area contributed by atoms with Gasteiger partial charge in [-0.25, -0.2) is 0 Å². The Kier molecular flexibility index (Phi) is 6.26. The van der Waals surface area contributed by atoms with Crippen molar-refractivity contribution < 1.29 is 14.3 Å². The molecule has 7 heteroatoms. The molecule has 0 aliphatic heterocycles. The summed E-state index contributed by atoms with van der Waals surface area (Å²) in [5.74, 6) is 1.05. The Morgan fingerprint density at radius 1 is 1.30 bits per heavy atom. The van der Waals surface area contributed by atoms with Crippen molar-refractivity contribution in [1.29, 1.82) is 0 Å². The predicted octanol–water partition coefficient (Wildman–Crippen LogP) is 2.70. The first-order valence-electron chi connectivity index (χ1n) is 7.25. The van der Waals surface area contributed by atoms with E-state index in [1.807, 2.05) is 13.1 Å². The summed E-state index contributed by atoms with van der Waals surface area (Å²) in [7, 11) is 3.13. The zero-order valence-electron chi connectivity index (χ0n) is 13.4. The highest BCUT2D eigenvalue weighted by molar-refractivity contribution is 14.1. The van der Waals surface area contributed by atoms with Gasteiger partial charge in [-0.15, -0.1) is 0 Å². The molecule has 0 atom stereocenters. The molecule has 6 nitrogen and oxygen atoms in total. The lowest BCUT2D eigenvalue weighted by atomic mass is 10.1. The number of hydrogen-bond donors (Lipinski definition) is 2. The van der Waals surface area contributed by atoms with Crippen molar-refractivity contribution in [3.05, 3.63) is 38.7 Å². The number of nitrogens with zero attached hydrogens (tertiary/aromatic N) is 1. The number of nitrogens with one attached hydrogen (secondary N) is 2. The van der Waals surface area contributed by atoms with Crippen molar-refractivity contribution in [2.75, 3.05) is 20.8 Å². The van der Waals surface area contributed by atoms with Crippen LogP contribution in [0.1, 0.15) is 28.0 Å². The topological polar surface area (TPSA) is 76.2 Å². The fourth-order valence-corrected chi connectivity index (χ4v) is 2.92. The molecule has 124 valence electrons. The van der Waals surface area contributed by atoms with E-state index in [9.17, 15) is 4.79 Å². The number of carbonyl (C=O) groups is 1. The molecular weight excluding hydrogens is 409 g/mol. The molecule has 0 saturated heterocycles. The van der Waals surface area contributed by atoms with Crippen LogP contribution in [0.5, 0.6) is 11.5 Å². The number of amides is 1. The molecule has 0 aliphatic rings. The van der Waals surface area contributed by atoms with Gasteiger partial charge in [-0.05, 0) is 60.1 Å². The molecule has 1 aromatic carbocycles. The number of benzene rings is 1. The summed E-state index contributed by atoms with van der Waals surface area (Å²) in [6, 6.07) is 3.50. The van der Waals surface area contributed by atoms with E-state index in [2.05, 4.69) is 38.1 Å². The highest BCUT2D eigenvalue weighted by Crippen LogP contribution is 2.31. The Morgan fingerprint density at radius 2 is 2.00 bits per heavy atom. The summed E-state index contributed by atoms with van der Waals surface area (Å²) in [5, 5.41) is 9.84. The van der Waals surface area contributed by atoms with E-state index in [0.717, 1.165) is 22.1 Å². The van der Waals surface area contributed by atoms with Crippen LogP contribution in [0.2, 0.25) is 0 Å². The maximum Gasteiger partial charge on any atom is 0.252 e. The number of halogens is 1. The van der Waals surface area contributed by atoms with Crippen LogP contribution in [0.4, 0.5) is 0 Å². The van der Waals surface area contributed by atoms with Gasteiger partial charge < -0.3 is 14.8 Å². The average Bonchev–Trinajstić information content (AvgIpc) is 2.96. The van der Waals surface area contributed by atoms with Crippen LogP contribution >= 0.6 is 22.6 Å². The van der Waals surface area contributed by atoms with Gasteiger partial charge in [0.1, 0.15) is 0 Å². The second-order valence-corrected chi connectivity index (χ2v) is 6.23. The molecule has 23 heavy (non-hydrogen) atoms. The molecule has 1 heterocycles. The van der Waals surface area contributed by atoms with E-state index in [1.165, 1.54) is 5.56 Å². The number of aromatic nitrogens is 2. The van der Waals surface area contributed by atoms with Crippen LogP contribution in [0.15, 0.2) is 18.3 Å². The zero-order chi connectivity index (χ0) is 16.8. The number of H-pyrrole nitrogens is 1. The molecule has 0 spiro atoms. The van der Waals surface area contributed by atoms with E-state index in [1.54, 1.807) is 26.4 Å². The minimum atomic E-state index is -0.112. The first kappa shape index (κ1) is 17.6. The Hall–Kier alpha value is -1.77. The number of aromatic amines is 1. The standard InChI is InChI=1S/C16H20IN3O3/c1-10-11(9-19-20-10)5-4-6-18-16(21)12-7-14(22-2)15(23-3)8-13(12)17/h7-9H,4-6H2,1-3H3,(H,18,21)(H,19,20). The maximum absolute atomic E-state index is 12.3. The van der Waals surface area contributed by atoms with Gasteiger partial charge in [0.2, 0.25) is 0 Å². The van der Waals surface area contributed by atoms with E-state index in [0.29, 0.717) is 23.6 Å². The highest BCUT2D eigenvalue weighted by Gasteiger charge is 2.15. The maximum atomic E-state index is 12.3. The first-order valence-corrected chi connectivity index (χ1v) is 8.33. The fourth-order valence-electron chi connectivity index (χ4n) is 2.23. The smallest absolute Gasteiger partial charge is 0.252 e. The summed E-state index contributed by atoms with van der Waals surface area (Å²) in [4.78, 5) is 12.3. The molecule has 0 unspecified atom stereocenters. The SMILES string of the molecule is COc1cc(I)c(C(=O)NCCCc2cn[nH]c2C)cc1OC. The third-order valence-corrected chi connectivity index (χ3v) is 4.45. The lowest BCUT2D eigenvalue weighted by Crippen LogP contribution is -2.25. The Bertz CT molecular complexity index is 685. The van der Waals surface area contributed by atoms with Gasteiger partial charge in [-0.1, -0.05) is 0 Å². The van der Waals surface area contributed by atoms with E-state index in [-0.39, 0.29) is 5.91 Å². The lowest BCUT2D eigenvalue weighted by molar-refractivity contribution is 0.0952.